The largest absolute Gasteiger partial charge is 0.334 e. The van der Waals surface area contributed by atoms with E-state index in [2.05, 4.69) is 28.2 Å². The third kappa shape index (κ3) is 5.28. The predicted octanol–water partition coefficient (Wildman–Crippen LogP) is 4.34. The second-order valence-electron chi connectivity index (χ2n) is 9.04. The van der Waals surface area contributed by atoms with Crippen LogP contribution in [0.4, 0.5) is 4.79 Å². The van der Waals surface area contributed by atoms with Gasteiger partial charge in [-0.2, -0.15) is 0 Å². The zero-order chi connectivity index (χ0) is 23.4. The highest BCUT2D eigenvalue weighted by Gasteiger charge is 2.27. The lowest BCUT2D eigenvalue weighted by Gasteiger charge is -2.30. The van der Waals surface area contributed by atoms with Gasteiger partial charge in [-0.3, -0.25) is 9.69 Å². The molecule has 33 heavy (non-hydrogen) atoms. The number of fused-ring (bicyclic) bond motifs is 1. The molecule has 2 amide bonds. The Labute approximate surface area is 195 Å². The van der Waals surface area contributed by atoms with E-state index in [0.717, 1.165) is 53.5 Å². The van der Waals surface area contributed by atoms with Crippen LogP contribution in [-0.2, 0) is 13.1 Å². The summed E-state index contributed by atoms with van der Waals surface area (Å²) >= 11 is 0. The molecule has 3 aromatic rings. The number of pyridine rings is 1. The Morgan fingerprint density at radius 3 is 2.73 bits per heavy atom. The number of amides is 2. The summed E-state index contributed by atoms with van der Waals surface area (Å²) in [6.45, 7) is 9.62. The summed E-state index contributed by atoms with van der Waals surface area (Å²) in [7, 11) is 0. The molecule has 2 N–H and O–H groups in total. The second kappa shape index (κ2) is 10.2. The van der Waals surface area contributed by atoms with Gasteiger partial charge in [0.1, 0.15) is 0 Å². The van der Waals surface area contributed by atoms with E-state index in [-0.39, 0.29) is 18.1 Å². The van der Waals surface area contributed by atoms with Gasteiger partial charge in [0.05, 0.1) is 12.1 Å². The number of H-pyrrole nitrogens is 1. The summed E-state index contributed by atoms with van der Waals surface area (Å²) in [6, 6.07) is 16.1. The number of hydrogen-bond acceptors (Lipinski definition) is 3. The van der Waals surface area contributed by atoms with Gasteiger partial charge < -0.3 is 15.2 Å². The first-order chi connectivity index (χ1) is 16.0. The molecule has 0 spiro atoms. The molecule has 1 aliphatic heterocycles. The summed E-state index contributed by atoms with van der Waals surface area (Å²) in [5.74, 6) is 0. The number of likely N-dealkylation sites (N-methyl/N-ethyl adjacent to an activating group) is 1. The molecule has 174 valence electrons. The SMILES string of the molecule is CCN1CCCC1CN(Cc1cc2ccc(C)c(C)c2[nH]c1=O)C(=O)NCc1ccccc1. The van der Waals surface area contributed by atoms with Gasteiger partial charge in [0.25, 0.3) is 5.56 Å². The van der Waals surface area contributed by atoms with Crippen LogP contribution in [0.25, 0.3) is 10.9 Å². The van der Waals surface area contributed by atoms with Gasteiger partial charge in [-0.1, -0.05) is 49.4 Å². The number of likely N-dealkylation sites (tertiary alicyclic amines) is 1. The van der Waals surface area contributed by atoms with Crippen molar-refractivity contribution in [2.45, 2.75) is 52.7 Å². The van der Waals surface area contributed by atoms with Crippen LogP contribution in [0.1, 0.15) is 42.0 Å². The topological polar surface area (TPSA) is 68.4 Å². The number of nitrogens with one attached hydrogen (secondary N) is 2. The van der Waals surface area contributed by atoms with Crippen LogP contribution in [0.3, 0.4) is 0 Å². The summed E-state index contributed by atoms with van der Waals surface area (Å²) < 4.78 is 0. The van der Waals surface area contributed by atoms with Gasteiger partial charge >= 0.3 is 6.03 Å². The highest BCUT2D eigenvalue weighted by atomic mass is 16.2. The van der Waals surface area contributed by atoms with Crippen LogP contribution in [-0.4, -0.2) is 46.5 Å². The Bertz CT molecular complexity index is 1170. The molecule has 2 heterocycles. The van der Waals surface area contributed by atoms with Crippen molar-refractivity contribution in [1.29, 1.82) is 0 Å². The third-order valence-corrected chi connectivity index (χ3v) is 6.90. The van der Waals surface area contributed by atoms with Crippen molar-refractivity contribution in [2.75, 3.05) is 19.6 Å². The van der Waals surface area contributed by atoms with Gasteiger partial charge in [-0.05, 0) is 67.9 Å². The average molecular weight is 447 g/mol. The number of aromatic amines is 1. The summed E-state index contributed by atoms with van der Waals surface area (Å²) in [4.78, 5) is 33.5. The van der Waals surface area contributed by atoms with Crippen molar-refractivity contribution in [3.63, 3.8) is 0 Å². The number of nitrogens with zero attached hydrogens (tertiary/aromatic N) is 2. The Balaban J connectivity index is 1.58. The average Bonchev–Trinajstić information content (AvgIpc) is 3.28. The van der Waals surface area contributed by atoms with E-state index in [1.54, 1.807) is 4.90 Å². The normalized spacial score (nSPS) is 16.3. The smallest absolute Gasteiger partial charge is 0.318 e. The highest BCUT2D eigenvalue weighted by Crippen LogP contribution is 2.21. The van der Waals surface area contributed by atoms with Crippen LogP contribution in [0.2, 0.25) is 0 Å². The Hall–Kier alpha value is -3.12. The van der Waals surface area contributed by atoms with Crippen molar-refractivity contribution in [3.05, 3.63) is 81.1 Å². The number of hydrogen-bond donors (Lipinski definition) is 2. The number of aromatic nitrogens is 1. The summed E-state index contributed by atoms with van der Waals surface area (Å²) in [6.07, 6.45) is 2.22. The van der Waals surface area contributed by atoms with E-state index >= 15 is 0 Å². The quantitative estimate of drug-likeness (QED) is 0.567. The van der Waals surface area contributed by atoms with E-state index in [1.807, 2.05) is 56.3 Å². The summed E-state index contributed by atoms with van der Waals surface area (Å²) in [5, 5.41) is 4.05. The second-order valence-corrected chi connectivity index (χ2v) is 9.04. The van der Waals surface area contributed by atoms with Gasteiger partial charge in [-0.15, -0.1) is 0 Å². The first-order valence-corrected chi connectivity index (χ1v) is 11.9. The standard InChI is InChI=1S/C27H34N4O2/c1-4-30-14-8-11-24(30)18-31(27(33)28-16-21-9-6-5-7-10-21)17-23-15-22-13-12-19(2)20(3)25(22)29-26(23)32/h5-7,9-10,12-13,15,24H,4,8,11,14,16-18H2,1-3H3,(H,28,33)(H,29,32). The first-order valence-electron chi connectivity index (χ1n) is 11.9. The third-order valence-electron chi connectivity index (χ3n) is 6.90. The molecule has 6 nitrogen and oxygen atoms in total. The van der Waals surface area contributed by atoms with Crippen LogP contribution >= 0.6 is 0 Å². The molecule has 0 radical (unpaired) electrons. The van der Waals surface area contributed by atoms with E-state index in [1.165, 1.54) is 0 Å². The van der Waals surface area contributed by atoms with E-state index in [0.29, 0.717) is 24.7 Å². The molecule has 4 rings (SSSR count). The van der Waals surface area contributed by atoms with Gasteiger partial charge in [-0.25, -0.2) is 4.79 Å². The minimum absolute atomic E-state index is 0.129. The fourth-order valence-corrected chi connectivity index (χ4v) is 4.77. The first kappa shape index (κ1) is 23.1. The molecule has 1 saturated heterocycles. The molecule has 0 saturated carbocycles. The molecule has 2 aromatic carbocycles. The molecule has 6 heteroatoms. The zero-order valence-corrected chi connectivity index (χ0v) is 19.9. The number of urea groups is 1. The number of aryl methyl sites for hydroxylation is 2. The van der Waals surface area contributed by atoms with E-state index < -0.39 is 0 Å². The Morgan fingerprint density at radius 2 is 1.97 bits per heavy atom. The molecule has 0 bridgehead atoms. The number of benzene rings is 2. The number of carbonyl (C=O) groups is 1. The molecule has 1 unspecified atom stereocenters. The molecule has 1 fully saturated rings. The minimum Gasteiger partial charge on any atom is -0.334 e. The molecule has 1 aromatic heterocycles. The summed E-state index contributed by atoms with van der Waals surface area (Å²) in [5.41, 5.74) is 4.64. The maximum Gasteiger partial charge on any atom is 0.318 e. The number of rotatable bonds is 7. The molecule has 0 aliphatic carbocycles. The maximum absolute atomic E-state index is 13.3. The highest BCUT2D eigenvalue weighted by molar-refractivity contribution is 5.83. The van der Waals surface area contributed by atoms with Crippen LogP contribution in [0, 0.1) is 13.8 Å². The van der Waals surface area contributed by atoms with E-state index in [9.17, 15) is 9.59 Å². The van der Waals surface area contributed by atoms with Crippen LogP contribution in [0.15, 0.2) is 53.3 Å². The van der Waals surface area contributed by atoms with Crippen molar-refractivity contribution < 1.29 is 4.79 Å². The van der Waals surface area contributed by atoms with Crippen LogP contribution < -0.4 is 10.9 Å². The van der Waals surface area contributed by atoms with Crippen LogP contribution in [0.5, 0.6) is 0 Å². The maximum atomic E-state index is 13.3. The Kier molecular flexibility index (Phi) is 7.14. The number of carbonyl (C=O) groups excluding carboxylic acids is 1. The van der Waals surface area contributed by atoms with Crippen molar-refractivity contribution in [3.8, 4) is 0 Å². The predicted molar refractivity (Wildman–Crippen MR) is 133 cm³/mol. The molecular weight excluding hydrogens is 412 g/mol. The molecular formula is C27H34N4O2. The van der Waals surface area contributed by atoms with Gasteiger partial charge in [0, 0.05) is 24.7 Å². The van der Waals surface area contributed by atoms with E-state index in [4.69, 9.17) is 0 Å². The van der Waals surface area contributed by atoms with Gasteiger partial charge in [0.2, 0.25) is 0 Å². The Morgan fingerprint density at radius 1 is 1.18 bits per heavy atom. The van der Waals surface area contributed by atoms with Crippen molar-refractivity contribution in [1.82, 2.24) is 20.1 Å². The fourth-order valence-electron chi connectivity index (χ4n) is 4.77. The minimum atomic E-state index is -0.138. The van der Waals surface area contributed by atoms with Gasteiger partial charge in [0.15, 0.2) is 0 Å². The molecule has 1 aliphatic rings. The monoisotopic (exact) mass is 446 g/mol. The zero-order valence-electron chi connectivity index (χ0n) is 19.9. The van der Waals surface area contributed by atoms with Crippen molar-refractivity contribution >= 4 is 16.9 Å². The van der Waals surface area contributed by atoms with Crippen molar-refractivity contribution in [2.24, 2.45) is 0 Å². The lowest BCUT2D eigenvalue weighted by atomic mass is 10.0. The molecule has 1 atom stereocenters. The lowest BCUT2D eigenvalue weighted by molar-refractivity contribution is 0.164. The fraction of sp³-hybridized carbons (Fsp3) is 0.407. The lowest BCUT2D eigenvalue weighted by Crippen LogP contribution is -2.47.